The maximum absolute atomic E-state index is 13.8. The number of carbonyl (C=O) groups is 1. The number of halogens is 4. The maximum atomic E-state index is 13.8. The van der Waals surface area contributed by atoms with Crippen molar-refractivity contribution >= 4 is 5.97 Å². The Balaban J connectivity index is 2.49. The molecule has 0 heterocycles. The Bertz CT molecular complexity index is 662. The zero-order valence-corrected chi connectivity index (χ0v) is 9.91. The minimum atomic E-state index is -4.52. The zero-order chi connectivity index (χ0) is 14.9. The molecule has 0 unspecified atom stereocenters. The van der Waals surface area contributed by atoms with E-state index in [1.807, 2.05) is 0 Å². The molecule has 0 aromatic heterocycles. The standard InChI is InChI=1S/C14H8F4O2/c15-12-7-9(13(19)20)4-5-11(12)8-2-1-3-10(6-8)14(16,17)18/h1-7H,(H,19,20). The topological polar surface area (TPSA) is 37.3 Å². The highest BCUT2D eigenvalue weighted by atomic mass is 19.4. The van der Waals surface area contributed by atoms with E-state index >= 15 is 0 Å². The van der Waals surface area contributed by atoms with Crippen molar-refractivity contribution in [1.82, 2.24) is 0 Å². The summed E-state index contributed by atoms with van der Waals surface area (Å²) in [7, 11) is 0. The zero-order valence-electron chi connectivity index (χ0n) is 9.91. The van der Waals surface area contributed by atoms with Crippen molar-refractivity contribution in [3.63, 3.8) is 0 Å². The van der Waals surface area contributed by atoms with Gasteiger partial charge in [-0.1, -0.05) is 18.2 Å². The molecular formula is C14H8F4O2. The second-order valence-corrected chi connectivity index (χ2v) is 4.08. The summed E-state index contributed by atoms with van der Waals surface area (Å²) < 4.78 is 51.5. The van der Waals surface area contributed by atoms with Crippen LogP contribution < -0.4 is 0 Å². The fourth-order valence-corrected chi connectivity index (χ4v) is 1.75. The molecule has 2 aromatic rings. The summed E-state index contributed by atoms with van der Waals surface area (Å²) in [4.78, 5) is 10.7. The van der Waals surface area contributed by atoms with Crippen molar-refractivity contribution in [1.29, 1.82) is 0 Å². The van der Waals surface area contributed by atoms with Crippen LogP contribution in [0.3, 0.4) is 0 Å². The number of carboxylic acid groups (broad SMARTS) is 1. The molecule has 2 rings (SSSR count). The van der Waals surface area contributed by atoms with Gasteiger partial charge in [-0.2, -0.15) is 13.2 Å². The Labute approximate surface area is 111 Å². The van der Waals surface area contributed by atoms with E-state index in [2.05, 4.69) is 0 Å². The summed E-state index contributed by atoms with van der Waals surface area (Å²) in [5, 5.41) is 8.71. The SMILES string of the molecule is O=C(O)c1ccc(-c2cccc(C(F)(F)F)c2)c(F)c1. The lowest BCUT2D eigenvalue weighted by Crippen LogP contribution is -2.04. The highest BCUT2D eigenvalue weighted by Crippen LogP contribution is 2.33. The Kier molecular flexibility index (Phi) is 3.48. The first-order valence-electron chi connectivity index (χ1n) is 5.49. The van der Waals surface area contributed by atoms with Crippen LogP contribution in [0.15, 0.2) is 42.5 Å². The average molecular weight is 284 g/mol. The highest BCUT2D eigenvalue weighted by Gasteiger charge is 2.30. The number of alkyl halides is 3. The van der Waals surface area contributed by atoms with E-state index in [0.717, 1.165) is 30.3 Å². The Morgan fingerprint density at radius 2 is 1.75 bits per heavy atom. The molecule has 2 nitrogen and oxygen atoms in total. The normalized spacial score (nSPS) is 11.4. The lowest BCUT2D eigenvalue weighted by Gasteiger charge is -2.09. The van der Waals surface area contributed by atoms with Gasteiger partial charge in [0.15, 0.2) is 0 Å². The smallest absolute Gasteiger partial charge is 0.416 e. The van der Waals surface area contributed by atoms with Crippen LogP contribution in [0.25, 0.3) is 11.1 Å². The lowest BCUT2D eigenvalue weighted by molar-refractivity contribution is -0.137. The number of hydrogen-bond donors (Lipinski definition) is 1. The molecule has 0 aliphatic heterocycles. The molecule has 104 valence electrons. The van der Waals surface area contributed by atoms with Crippen molar-refractivity contribution in [2.24, 2.45) is 0 Å². The molecule has 0 saturated heterocycles. The summed E-state index contributed by atoms with van der Waals surface area (Å²) in [6.07, 6.45) is -4.52. The fourth-order valence-electron chi connectivity index (χ4n) is 1.75. The van der Waals surface area contributed by atoms with Crippen LogP contribution in [-0.2, 0) is 6.18 Å². The van der Waals surface area contributed by atoms with E-state index in [9.17, 15) is 22.4 Å². The van der Waals surface area contributed by atoms with Crippen LogP contribution in [-0.4, -0.2) is 11.1 Å². The summed E-state index contributed by atoms with van der Waals surface area (Å²) >= 11 is 0. The largest absolute Gasteiger partial charge is 0.478 e. The van der Waals surface area contributed by atoms with Gasteiger partial charge in [-0.15, -0.1) is 0 Å². The third kappa shape index (κ3) is 2.79. The predicted molar refractivity (Wildman–Crippen MR) is 63.8 cm³/mol. The number of carboxylic acids is 1. The minimum absolute atomic E-state index is 0.0364. The average Bonchev–Trinajstić information content (AvgIpc) is 2.37. The first-order chi connectivity index (χ1) is 9.29. The minimum Gasteiger partial charge on any atom is -0.478 e. The van der Waals surface area contributed by atoms with Gasteiger partial charge >= 0.3 is 12.1 Å². The van der Waals surface area contributed by atoms with E-state index in [-0.39, 0.29) is 16.7 Å². The monoisotopic (exact) mass is 284 g/mol. The highest BCUT2D eigenvalue weighted by molar-refractivity contribution is 5.88. The number of benzene rings is 2. The van der Waals surface area contributed by atoms with Crippen LogP contribution in [0.4, 0.5) is 17.6 Å². The number of hydrogen-bond acceptors (Lipinski definition) is 1. The lowest BCUT2D eigenvalue weighted by atomic mass is 10.0. The Morgan fingerprint density at radius 1 is 1.05 bits per heavy atom. The number of aromatic carboxylic acids is 1. The van der Waals surface area contributed by atoms with E-state index in [1.54, 1.807) is 0 Å². The Hall–Kier alpha value is -2.37. The molecule has 0 saturated carbocycles. The van der Waals surface area contributed by atoms with Gasteiger partial charge in [-0.3, -0.25) is 0 Å². The van der Waals surface area contributed by atoms with Crippen LogP contribution in [0.5, 0.6) is 0 Å². The van der Waals surface area contributed by atoms with E-state index < -0.39 is 23.5 Å². The number of rotatable bonds is 2. The first-order valence-corrected chi connectivity index (χ1v) is 5.49. The van der Waals surface area contributed by atoms with Crippen molar-refractivity contribution in [3.05, 3.63) is 59.4 Å². The molecule has 0 spiro atoms. The van der Waals surface area contributed by atoms with E-state index in [1.165, 1.54) is 12.1 Å². The van der Waals surface area contributed by atoms with Crippen LogP contribution >= 0.6 is 0 Å². The maximum Gasteiger partial charge on any atom is 0.416 e. The summed E-state index contributed by atoms with van der Waals surface area (Å²) in [5.74, 6) is -2.19. The quantitative estimate of drug-likeness (QED) is 0.839. The predicted octanol–water partition coefficient (Wildman–Crippen LogP) is 4.21. The van der Waals surface area contributed by atoms with Crippen molar-refractivity contribution in [2.75, 3.05) is 0 Å². The van der Waals surface area contributed by atoms with Gasteiger partial charge in [-0.25, -0.2) is 9.18 Å². The third-order valence-corrected chi connectivity index (χ3v) is 2.72. The molecule has 2 aromatic carbocycles. The third-order valence-electron chi connectivity index (χ3n) is 2.72. The van der Waals surface area contributed by atoms with Crippen LogP contribution in [0, 0.1) is 5.82 Å². The van der Waals surface area contributed by atoms with Crippen molar-refractivity contribution in [2.45, 2.75) is 6.18 Å². The van der Waals surface area contributed by atoms with Crippen LogP contribution in [0.2, 0.25) is 0 Å². The van der Waals surface area contributed by atoms with Crippen molar-refractivity contribution < 1.29 is 27.5 Å². The second-order valence-electron chi connectivity index (χ2n) is 4.08. The molecule has 0 aliphatic carbocycles. The molecule has 0 fully saturated rings. The molecule has 0 aliphatic rings. The van der Waals surface area contributed by atoms with E-state index in [4.69, 9.17) is 5.11 Å². The molecular weight excluding hydrogens is 276 g/mol. The molecule has 0 radical (unpaired) electrons. The molecule has 1 N–H and O–H groups in total. The van der Waals surface area contributed by atoms with Gasteiger partial charge in [-0.05, 0) is 29.8 Å². The van der Waals surface area contributed by atoms with Gasteiger partial charge in [0.25, 0.3) is 0 Å². The molecule has 6 heteroatoms. The van der Waals surface area contributed by atoms with Gasteiger partial charge in [0.2, 0.25) is 0 Å². The summed E-state index contributed by atoms with van der Waals surface area (Å²) in [5.41, 5.74) is -1.20. The molecule has 0 amide bonds. The molecule has 20 heavy (non-hydrogen) atoms. The van der Waals surface area contributed by atoms with Gasteiger partial charge in [0.05, 0.1) is 11.1 Å². The summed E-state index contributed by atoms with van der Waals surface area (Å²) in [6, 6.07) is 7.26. The Morgan fingerprint density at radius 3 is 2.30 bits per heavy atom. The van der Waals surface area contributed by atoms with Gasteiger partial charge < -0.3 is 5.11 Å². The molecule has 0 atom stereocenters. The van der Waals surface area contributed by atoms with Gasteiger partial charge in [0, 0.05) is 5.56 Å². The van der Waals surface area contributed by atoms with Crippen molar-refractivity contribution in [3.8, 4) is 11.1 Å². The first kappa shape index (κ1) is 14.0. The van der Waals surface area contributed by atoms with Crippen LogP contribution in [0.1, 0.15) is 15.9 Å². The molecule has 0 bridgehead atoms. The van der Waals surface area contributed by atoms with Gasteiger partial charge in [0.1, 0.15) is 5.82 Å². The second kappa shape index (κ2) is 4.96. The van der Waals surface area contributed by atoms with E-state index in [0.29, 0.717) is 0 Å². The summed E-state index contributed by atoms with van der Waals surface area (Å²) in [6.45, 7) is 0. The fraction of sp³-hybridized carbons (Fsp3) is 0.0714.